The summed E-state index contributed by atoms with van der Waals surface area (Å²) in [6.07, 6.45) is 4.60. The number of hydrogen-bond donors (Lipinski definition) is 1. The Morgan fingerprint density at radius 3 is 2.73 bits per heavy atom. The second kappa shape index (κ2) is 6.30. The van der Waals surface area contributed by atoms with Gasteiger partial charge in [0.1, 0.15) is 12.4 Å². The first-order valence-electron chi connectivity index (χ1n) is 7.90. The van der Waals surface area contributed by atoms with E-state index in [2.05, 4.69) is 15.4 Å². The summed E-state index contributed by atoms with van der Waals surface area (Å²) in [5.41, 5.74) is 2.16. The van der Waals surface area contributed by atoms with E-state index in [1.54, 1.807) is 4.68 Å². The highest BCUT2D eigenvalue weighted by atomic mass is 16.2. The molecule has 1 aliphatic carbocycles. The summed E-state index contributed by atoms with van der Waals surface area (Å²) in [7, 11) is 0. The normalized spacial score (nSPS) is 15.2. The van der Waals surface area contributed by atoms with Crippen molar-refractivity contribution in [1.82, 2.24) is 20.1 Å². The van der Waals surface area contributed by atoms with E-state index in [4.69, 9.17) is 0 Å². The Morgan fingerprint density at radius 1 is 1.27 bits per heavy atom. The van der Waals surface area contributed by atoms with Gasteiger partial charge in [-0.1, -0.05) is 37.1 Å². The van der Waals surface area contributed by atoms with Crippen LogP contribution in [0.2, 0.25) is 0 Å². The van der Waals surface area contributed by atoms with E-state index in [9.17, 15) is 4.79 Å². The third-order valence-electron chi connectivity index (χ3n) is 4.18. The zero-order valence-electron chi connectivity index (χ0n) is 13.2. The lowest BCUT2D eigenvalue weighted by atomic mass is 10.1. The van der Waals surface area contributed by atoms with Crippen LogP contribution < -0.4 is 5.32 Å². The average Bonchev–Trinajstić information content (AvgIpc) is 3.09. The van der Waals surface area contributed by atoms with E-state index in [-0.39, 0.29) is 12.5 Å². The molecule has 1 aromatic heterocycles. The lowest BCUT2D eigenvalue weighted by molar-refractivity contribution is -0.122. The minimum Gasteiger partial charge on any atom is -0.352 e. The number of carbonyl (C=O) groups excluding carboxylic acids is 1. The predicted octanol–water partition coefficient (Wildman–Crippen LogP) is 2.62. The van der Waals surface area contributed by atoms with Gasteiger partial charge in [0.05, 0.1) is 0 Å². The molecule has 0 aliphatic heterocycles. The molecule has 1 aromatic carbocycles. The van der Waals surface area contributed by atoms with Crippen molar-refractivity contribution in [1.29, 1.82) is 0 Å². The van der Waals surface area contributed by atoms with Crippen LogP contribution in [0.15, 0.2) is 24.3 Å². The van der Waals surface area contributed by atoms with E-state index in [1.807, 2.05) is 38.1 Å². The third kappa shape index (κ3) is 3.18. The molecule has 0 saturated heterocycles. The van der Waals surface area contributed by atoms with Gasteiger partial charge in [0.2, 0.25) is 5.91 Å². The minimum absolute atomic E-state index is 0.0200. The Hall–Kier alpha value is -2.17. The van der Waals surface area contributed by atoms with E-state index in [0.717, 1.165) is 29.8 Å². The molecule has 0 atom stereocenters. The first-order valence-corrected chi connectivity index (χ1v) is 7.90. The molecular formula is C17H22N4O. The smallest absolute Gasteiger partial charge is 0.242 e. The Kier molecular flexibility index (Phi) is 4.22. The highest BCUT2D eigenvalue weighted by molar-refractivity contribution is 5.76. The molecule has 1 saturated carbocycles. The maximum absolute atomic E-state index is 12.2. The number of amides is 1. The second-order valence-electron chi connectivity index (χ2n) is 6.00. The summed E-state index contributed by atoms with van der Waals surface area (Å²) >= 11 is 0. The van der Waals surface area contributed by atoms with Gasteiger partial charge in [-0.2, -0.15) is 5.10 Å². The first-order chi connectivity index (χ1) is 10.6. The highest BCUT2D eigenvalue weighted by Crippen LogP contribution is 2.21. The van der Waals surface area contributed by atoms with Gasteiger partial charge in [-0.15, -0.1) is 0 Å². The Labute approximate surface area is 130 Å². The molecule has 5 nitrogen and oxygen atoms in total. The van der Waals surface area contributed by atoms with Crippen LogP contribution in [0.3, 0.4) is 0 Å². The van der Waals surface area contributed by atoms with Gasteiger partial charge in [0.25, 0.3) is 0 Å². The lowest BCUT2D eigenvalue weighted by Gasteiger charge is -2.13. The van der Waals surface area contributed by atoms with Crippen LogP contribution in [0.5, 0.6) is 0 Å². The van der Waals surface area contributed by atoms with Gasteiger partial charge in [0.15, 0.2) is 5.82 Å². The van der Waals surface area contributed by atoms with E-state index in [0.29, 0.717) is 11.9 Å². The Bertz CT molecular complexity index is 671. The van der Waals surface area contributed by atoms with Crippen molar-refractivity contribution in [2.24, 2.45) is 0 Å². The van der Waals surface area contributed by atoms with E-state index in [1.165, 1.54) is 12.8 Å². The maximum Gasteiger partial charge on any atom is 0.242 e. The molecule has 1 amide bonds. The third-order valence-corrected chi connectivity index (χ3v) is 4.18. The summed E-state index contributed by atoms with van der Waals surface area (Å²) < 4.78 is 1.71. The van der Waals surface area contributed by atoms with Crippen LogP contribution in [-0.2, 0) is 11.3 Å². The number of nitrogens with one attached hydrogen (secondary N) is 1. The molecule has 116 valence electrons. The van der Waals surface area contributed by atoms with Crippen LogP contribution in [0.1, 0.15) is 37.1 Å². The zero-order valence-corrected chi connectivity index (χ0v) is 13.2. The van der Waals surface area contributed by atoms with E-state index < -0.39 is 0 Å². The SMILES string of the molecule is Cc1nc(-c2ccccc2C)n(CC(=O)NC2CCCC2)n1. The van der Waals surface area contributed by atoms with Crippen molar-refractivity contribution < 1.29 is 4.79 Å². The van der Waals surface area contributed by atoms with E-state index >= 15 is 0 Å². The van der Waals surface area contributed by atoms with Crippen LogP contribution in [0.4, 0.5) is 0 Å². The quantitative estimate of drug-likeness (QED) is 0.944. The monoisotopic (exact) mass is 298 g/mol. The minimum atomic E-state index is 0.0200. The maximum atomic E-state index is 12.2. The van der Waals surface area contributed by atoms with Gasteiger partial charge in [0, 0.05) is 11.6 Å². The molecule has 0 radical (unpaired) electrons. The van der Waals surface area contributed by atoms with Gasteiger partial charge in [-0.3, -0.25) is 4.79 Å². The number of carbonyl (C=O) groups is 1. The van der Waals surface area contributed by atoms with Crippen LogP contribution >= 0.6 is 0 Å². The summed E-state index contributed by atoms with van der Waals surface area (Å²) in [6, 6.07) is 8.38. The number of nitrogens with zero attached hydrogens (tertiary/aromatic N) is 3. The number of rotatable bonds is 4. The summed E-state index contributed by atoms with van der Waals surface area (Å²) in [4.78, 5) is 16.7. The fraction of sp³-hybridized carbons (Fsp3) is 0.471. The van der Waals surface area contributed by atoms with Gasteiger partial charge in [-0.05, 0) is 32.3 Å². The molecule has 1 aliphatic rings. The van der Waals surface area contributed by atoms with Crippen molar-refractivity contribution in [3.8, 4) is 11.4 Å². The number of benzene rings is 1. The van der Waals surface area contributed by atoms with Crippen LogP contribution in [0, 0.1) is 13.8 Å². The summed E-state index contributed by atoms with van der Waals surface area (Å²) in [5, 5.41) is 7.49. The molecule has 1 fully saturated rings. The molecule has 3 rings (SSSR count). The molecule has 1 N–H and O–H groups in total. The van der Waals surface area contributed by atoms with Crippen molar-refractivity contribution in [2.45, 2.75) is 52.1 Å². The van der Waals surface area contributed by atoms with Gasteiger partial charge >= 0.3 is 0 Å². The highest BCUT2D eigenvalue weighted by Gasteiger charge is 2.19. The number of aryl methyl sites for hydroxylation is 2. The van der Waals surface area contributed by atoms with Gasteiger partial charge < -0.3 is 5.32 Å². The molecule has 0 bridgehead atoms. The van der Waals surface area contributed by atoms with Gasteiger partial charge in [-0.25, -0.2) is 9.67 Å². The molecule has 22 heavy (non-hydrogen) atoms. The molecule has 2 aromatic rings. The largest absolute Gasteiger partial charge is 0.352 e. The van der Waals surface area contributed by atoms with Crippen molar-refractivity contribution >= 4 is 5.91 Å². The molecule has 0 unspecified atom stereocenters. The standard InChI is InChI=1S/C17H22N4O/c1-12-7-3-6-10-15(12)17-18-13(2)20-21(17)11-16(22)19-14-8-4-5-9-14/h3,6-7,10,14H,4-5,8-9,11H2,1-2H3,(H,19,22). The van der Waals surface area contributed by atoms with Crippen molar-refractivity contribution in [2.75, 3.05) is 0 Å². The number of aromatic nitrogens is 3. The predicted molar refractivity (Wildman–Crippen MR) is 85.3 cm³/mol. The lowest BCUT2D eigenvalue weighted by Crippen LogP contribution is -2.35. The fourth-order valence-electron chi connectivity index (χ4n) is 3.07. The first kappa shape index (κ1) is 14.8. The summed E-state index contributed by atoms with van der Waals surface area (Å²) in [6.45, 7) is 4.12. The topological polar surface area (TPSA) is 59.8 Å². The van der Waals surface area contributed by atoms with Crippen molar-refractivity contribution in [3.63, 3.8) is 0 Å². The average molecular weight is 298 g/mol. The number of hydrogen-bond acceptors (Lipinski definition) is 3. The Morgan fingerprint density at radius 2 is 2.00 bits per heavy atom. The molecule has 5 heteroatoms. The molecule has 0 spiro atoms. The van der Waals surface area contributed by atoms with Crippen LogP contribution in [-0.4, -0.2) is 26.7 Å². The molecule has 1 heterocycles. The summed E-state index contributed by atoms with van der Waals surface area (Å²) in [5.74, 6) is 1.47. The fourth-order valence-corrected chi connectivity index (χ4v) is 3.07. The van der Waals surface area contributed by atoms with Crippen molar-refractivity contribution in [3.05, 3.63) is 35.7 Å². The zero-order chi connectivity index (χ0) is 15.5. The second-order valence-corrected chi connectivity index (χ2v) is 6.00. The Balaban J connectivity index is 1.79. The van der Waals surface area contributed by atoms with Crippen LogP contribution in [0.25, 0.3) is 11.4 Å². The molecular weight excluding hydrogens is 276 g/mol.